The smallest absolute Gasteiger partial charge is 0.129 e. The number of rotatable bonds is 2. The Bertz CT molecular complexity index is 231. The molecule has 0 spiro atoms. The van der Waals surface area contributed by atoms with Gasteiger partial charge in [-0.2, -0.15) is 0 Å². The molecule has 0 aromatic heterocycles. The Labute approximate surface area is 84.4 Å². The van der Waals surface area contributed by atoms with E-state index in [2.05, 4.69) is 36.5 Å². The van der Waals surface area contributed by atoms with Gasteiger partial charge in [0.25, 0.3) is 0 Å². The summed E-state index contributed by atoms with van der Waals surface area (Å²) in [7, 11) is -4.94. The maximum absolute atomic E-state index is 8.49. The third-order valence-corrected chi connectivity index (χ3v) is 1.24. The third-order valence-electron chi connectivity index (χ3n) is 1.24. The average Bonchev–Trinajstić information content (AvgIpc) is 2.03. The second-order valence-electron chi connectivity index (χ2n) is 2.40. The number of halogens is 1. The van der Waals surface area contributed by atoms with E-state index in [9.17, 15) is 0 Å². The van der Waals surface area contributed by atoms with E-state index in [1.807, 2.05) is 6.07 Å². The Balaban J connectivity index is 0.000000292. The average molecular weight is 222 g/mol. The van der Waals surface area contributed by atoms with Gasteiger partial charge in [-0.05, 0) is 19.1 Å². The molecule has 80 valence electrons. The minimum atomic E-state index is -4.94. The molecule has 1 aromatic rings. The summed E-state index contributed by atoms with van der Waals surface area (Å²) < 4.78 is 34.0. The molecule has 0 unspecified atom stereocenters. The summed E-state index contributed by atoms with van der Waals surface area (Å²) >= 11 is 0. The highest BCUT2D eigenvalue weighted by Gasteiger charge is 1.87. The van der Waals surface area contributed by atoms with Gasteiger partial charge in [0.15, 0.2) is 0 Å². The van der Waals surface area contributed by atoms with Crippen molar-refractivity contribution >= 4 is 5.69 Å². The van der Waals surface area contributed by atoms with E-state index < -0.39 is 10.2 Å². The van der Waals surface area contributed by atoms with Crippen molar-refractivity contribution in [3.8, 4) is 0 Å². The Hall–Kier alpha value is -0.690. The molecule has 0 radical (unpaired) electrons. The third kappa shape index (κ3) is 11.3. The van der Waals surface area contributed by atoms with Gasteiger partial charge in [-0.1, -0.05) is 18.2 Å². The first-order valence-electron chi connectivity index (χ1n) is 3.93. The fraction of sp³-hybridized carbons (Fsp3) is 0.250. The van der Waals surface area contributed by atoms with Crippen LogP contribution < -0.4 is 24.0 Å². The van der Waals surface area contributed by atoms with E-state index in [1.54, 1.807) is 0 Å². The lowest BCUT2D eigenvalue weighted by Gasteiger charge is -2.17. The van der Waals surface area contributed by atoms with Crippen molar-refractivity contribution in [1.82, 2.24) is 0 Å². The van der Waals surface area contributed by atoms with Crippen molar-refractivity contribution in [3.63, 3.8) is 0 Å². The first-order chi connectivity index (χ1) is 6.43. The zero-order valence-electron chi connectivity index (χ0n) is 7.68. The summed E-state index contributed by atoms with van der Waals surface area (Å²) in [5.41, 5.74) is 1.32. The summed E-state index contributed by atoms with van der Waals surface area (Å²) in [4.78, 5) is 0. The van der Waals surface area contributed by atoms with Crippen LogP contribution in [-0.2, 0) is 0 Å². The van der Waals surface area contributed by atoms with E-state index in [4.69, 9.17) is 18.6 Å². The van der Waals surface area contributed by atoms with Crippen molar-refractivity contribution in [1.29, 1.82) is 0 Å². The molecule has 0 amide bonds. The van der Waals surface area contributed by atoms with E-state index in [-0.39, 0.29) is 0 Å². The van der Waals surface area contributed by atoms with Crippen molar-refractivity contribution in [3.05, 3.63) is 30.3 Å². The van der Waals surface area contributed by atoms with Crippen LogP contribution in [0.2, 0.25) is 0 Å². The number of hydrogen-bond donors (Lipinski definition) is 1. The van der Waals surface area contributed by atoms with E-state index in [1.165, 1.54) is 5.69 Å². The van der Waals surface area contributed by atoms with Gasteiger partial charge in [-0.25, -0.2) is 18.6 Å². The SMILES string of the molecule is CC[NH2+]c1ccccc1.[O-][Cl+3]([O-])([O-])[O-]. The molecule has 0 aliphatic heterocycles. The van der Waals surface area contributed by atoms with Gasteiger partial charge in [-0.15, -0.1) is 10.2 Å². The fourth-order valence-electron chi connectivity index (χ4n) is 0.825. The number of para-hydroxylation sites is 1. The fourth-order valence-corrected chi connectivity index (χ4v) is 0.825. The van der Waals surface area contributed by atoms with Gasteiger partial charge < -0.3 is 5.32 Å². The van der Waals surface area contributed by atoms with Gasteiger partial charge >= 0.3 is 0 Å². The number of nitrogens with two attached hydrogens (primary N) is 1. The summed E-state index contributed by atoms with van der Waals surface area (Å²) in [6.07, 6.45) is 0. The highest BCUT2D eigenvalue weighted by atomic mass is 35.7. The van der Waals surface area contributed by atoms with Crippen molar-refractivity contribution in [2.24, 2.45) is 0 Å². The monoisotopic (exact) mass is 221 g/mol. The van der Waals surface area contributed by atoms with Crippen LogP contribution in [0.5, 0.6) is 0 Å². The largest absolute Gasteiger partial charge is 0.314 e. The van der Waals surface area contributed by atoms with Crippen LogP contribution in [-0.4, -0.2) is 6.54 Å². The van der Waals surface area contributed by atoms with Crippen LogP contribution >= 0.6 is 0 Å². The van der Waals surface area contributed by atoms with Crippen LogP contribution in [0.3, 0.4) is 0 Å². The molecule has 0 atom stereocenters. The second kappa shape index (κ2) is 6.72. The lowest BCUT2D eigenvalue weighted by atomic mass is 10.3. The Kier molecular flexibility index (Phi) is 6.39. The van der Waals surface area contributed by atoms with E-state index in [0.717, 1.165) is 6.54 Å². The number of quaternary nitrogens is 1. The van der Waals surface area contributed by atoms with Gasteiger partial charge in [0.05, 0.1) is 6.54 Å². The molecule has 5 nitrogen and oxygen atoms in total. The van der Waals surface area contributed by atoms with Gasteiger partial charge in [-0.3, -0.25) is 0 Å². The summed E-state index contributed by atoms with van der Waals surface area (Å²) in [5.74, 6) is 0. The molecule has 0 saturated heterocycles. The first kappa shape index (κ1) is 13.3. The molecule has 1 aromatic carbocycles. The minimum Gasteiger partial charge on any atom is -0.314 e. The Morgan fingerprint density at radius 1 is 1.07 bits per heavy atom. The molecule has 6 heteroatoms. The minimum absolute atomic E-state index is 1.12. The van der Waals surface area contributed by atoms with Crippen LogP contribution in [0.1, 0.15) is 6.92 Å². The van der Waals surface area contributed by atoms with Crippen molar-refractivity contribution < 1.29 is 34.2 Å². The van der Waals surface area contributed by atoms with Crippen LogP contribution in [0, 0.1) is 10.2 Å². The lowest BCUT2D eigenvalue weighted by Crippen LogP contribution is -2.77. The maximum Gasteiger partial charge on any atom is 0.129 e. The Morgan fingerprint density at radius 3 is 1.86 bits per heavy atom. The van der Waals surface area contributed by atoms with Crippen molar-refractivity contribution in [2.45, 2.75) is 6.92 Å². The molecule has 0 aliphatic carbocycles. The van der Waals surface area contributed by atoms with Crippen molar-refractivity contribution in [2.75, 3.05) is 6.54 Å². The normalized spacial score (nSPS) is 10.4. The van der Waals surface area contributed by atoms with Crippen LogP contribution in [0.4, 0.5) is 5.69 Å². The molecule has 0 heterocycles. The summed E-state index contributed by atoms with van der Waals surface area (Å²) in [6, 6.07) is 10.4. The topological polar surface area (TPSA) is 109 Å². The quantitative estimate of drug-likeness (QED) is 0.516. The molecule has 0 fully saturated rings. The zero-order valence-corrected chi connectivity index (χ0v) is 8.44. The highest BCUT2D eigenvalue weighted by Crippen LogP contribution is 1.94. The predicted molar refractivity (Wildman–Crippen MR) is 38.6 cm³/mol. The van der Waals surface area contributed by atoms with E-state index in [0.29, 0.717) is 0 Å². The molecule has 0 bridgehead atoms. The molecular formula is C8H12ClNO4. The van der Waals surface area contributed by atoms with Crippen LogP contribution in [0.15, 0.2) is 30.3 Å². The number of hydrogen-bond acceptors (Lipinski definition) is 4. The predicted octanol–water partition coefficient (Wildman–Crippen LogP) is -3.85. The summed E-state index contributed by atoms with van der Waals surface area (Å²) in [5, 5.41) is 2.21. The van der Waals surface area contributed by atoms with Gasteiger partial charge in [0.1, 0.15) is 5.69 Å². The first-order valence-corrected chi connectivity index (χ1v) is 5.17. The Morgan fingerprint density at radius 2 is 1.50 bits per heavy atom. The van der Waals surface area contributed by atoms with E-state index >= 15 is 0 Å². The molecule has 14 heavy (non-hydrogen) atoms. The number of benzene rings is 1. The highest BCUT2D eigenvalue weighted by molar-refractivity contribution is 5.26. The molecular weight excluding hydrogens is 210 g/mol. The molecule has 2 N–H and O–H groups in total. The maximum atomic E-state index is 8.49. The lowest BCUT2D eigenvalue weighted by molar-refractivity contribution is -2.00. The molecule has 0 aliphatic rings. The molecule has 1 rings (SSSR count). The van der Waals surface area contributed by atoms with Gasteiger partial charge in [0.2, 0.25) is 0 Å². The van der Waals surface area contributed by atoms with Gasteiger partial charge in [0, 0.05) is 0 Å². The summed E-state index contributed by atoms with van der Waals surface area (Å²) in [6.45, 7) is 3.26. The molecule has 0 saturated carbocycles. The van der Waals surface area contributed by atoms with Crippen LogP contribution in [0.25, 0.3) is 0 Å². The standard InChI is InChI=1S/C8H11N.ClHO4/c1-2-9-8-6-4-3-5-7-8;2-1(3,4)5/h3-7,9H,2H2,1H3;(H,2,3,4,5). The second-order valence-corrected chi connectivity index (χ2v) is 3.16. The zero-order chi connectivity index (χ0) is 11.0.